The van der Waals surface area contributed by atoms with Gasteiger partial charge in [-0.2, -0.15) is 0 Å². The molecule has 0 saturated carbocycles. The number of rotatable bonds is 9. The predicted molar refractivity (Wildman–Crippen MR) is 129 cm³/mol. The smallest absolute Gasteiger partial charge is 0.203 e. The van der Waals surface area contributed by atoms with Crippen molar-refractivity contribution in [1.82, 2.24) is 15.5 Å². The zero-order valence-electron chi connectivity index (χ0n) is 18.4. The first-order valence-electron chi connectivity index (χ1n) is 10.1. The van der Waals surface area contributed by atoms with Crippen molar-refractivity contribution in [3.8, 4) is 17.2 Å². The molecule has 1 aromatic rings. The van der Waals surface area contributed by atoms with Crippen molar-refractivity contribution in [3.05, 3.63) is 17.7 Å². The summed E-state index contributed by atoms with van der Waals surface area (Å²) in [6.45, 7) is 7.42. The number of nitrogens with one attached hydrogen (secondary N) is 2. The van der Waals surface area contributed by atoms with Gasteiger partial charge in [0.05, 0.1) is 21.3 Å². The average molecular weight is 520 g/mol. The summed E-state index contributed by atoms with van der Waals surface area (Å²) >= 11 is 0. The maximum atomic E-state index is 5.54. The number of benzene rings is 1. The van der Waals surface area contributed by atoms with Crippen LogP contribution in [0.2, 0.25) is 0 Å². The van der Waals surface area contributed by atoms with Crippen LogP contribution in [0.15, 0.2) is 17.1 Å². The van der Waals surface area contributed by atoms with Gasteiger partial charge < -0.3 is 29.7 Å². The van der Waals surface area contributed by atoms with Gasteiger partial charge >= 0.3 is 0 Å². The van der Waals surface area contributed by atoms with E-state index in [1.807, 2.05) is 12.1 Å². The van der Waals surface area contributed by atoms with Crippen LogP contribution in [0.25, 0.3) is 0 Å². The lowest BCUT2D eigenvalue weighted by Crippen LogP contribution is -2.39. The number of guanidine groups is 1. The molecule has 1 aliphatic heterocycles. The molecule has 2 rings (SSSR count). The van der Waals surface area contributed by atoms with E-state index in [4.69, 9.17) is 14.2 Å². The highest BCUT2D eigenvalue weighted by molar-refractivity contribution is 14.0. The van der Waals surface area contributed by atoms with Gasteiger partial charge in [-0.05, 0) is 56.9 Å². The van der Waals surface area contributed by atoms with Gasteiger partial charge in [0, 0.05) is 25.7 Å². The summed E-state index contributed by atoms with van der Waals surface area (Å²) < 4.78 is 16.3. The monoisotopic (exact) mass is 520 g/mol. The van der Waals surface area contributed by atoms with Gasteiger partial charge in [0.1, 0.15) is 0 Å². The molecule has 7 nitrogen and oxygen atoms in total. The Morgan fingerprint density at radius 1 is 1.07 bits per heavy atom. The molecule has 8 heteroatoms. The minimum absolute atomic E-state index is 0. The van der Waals surface area contributed by atoms with Crippen LogP contribution in [0.3, 0.4) is 0 Å². The van der Waals surface area contributed by atoms with E-state index in [0.717, 1.165) is 37.0 Å². The lowest BCUT2D eigenvalue weighted by molar-refractivity contribution is 0.191. The lowest BCUT2D eigenvalue weighted by Gasteiger charge is -2.30. The first-order valence-corrected chi connectivity index (χ1v) is 10.1. The van der Waals surface area contributed by atoms with Crippen LogP contribution in [0, 0.1) is 5.92 Å². The molecule has 0 aliphatic carbocycles. The topological polar surface area (TPSA) is 67.4 Å². The number of halogens is 1. The van der Waals surface area contributed by atoms with E-state index in [0.29, 0.717) is 23.8 Å². The number of piperidine rings is 1. The second-order valence-corrected chi connectivity index (χ2v) is 7.22. The van der Waals surface area contributed by atoms with E-state index in [9.17, 15) is 0 Å². The summed E-state index contributed by atoms with van der Waals surface area (Å²) in [5.74, 6) is 3.58. The van der Waals surface area contributed by atoms with E-state index in [-0.39, 0.29) is 24.0 Å². The number of nitrogens with zero attached hydrogens (tertiary/aromatic N) is 2. The third kappa shape index (κ3) is 7.73. The fourth-order valence-corrected chi connectivity index (χ4v) is 3.50. The van der Waals surface area contributed by atoms with Gasteiger partial charge in [0.25, 0.3) is 0 Å². The maximum absolute atomic E-state index is 5.54. The molecular weight excluding hydrogens is 483 g/mol. The van der Waals surface area contributed by atoms with Crippen LogP contribution in [0.4, 0.5) is 0 Å². The second-order valence-electron chi connectivity index (χ2n) is 7.22. The van der Waals surface area contributed by atoms with Crippen molar-refractivity contribution in [2.24, 2.45) is 10.9 Å². The zero-order chi connectivity index (χ0) is 20.4. The molecule has 0 bridgehead atoms. The van der Waals surface area contributed by atoms with Crippen LogP contribution in [-0.2, 0) is 6.54 Å². The van der Waals surface area contributed by atoms with Crippen molar-refractivity contribution in [2.45, 2.75) is 32.7 Å². The number of hydrogen-bond acceptors (Lipinski definition) is 5. The van der Waals surface area contributed by atoms with Crippen LogP contribution in [0.1, 0.15) is 31.7 Å². The Kier molecular flexibility index (Phi) is 12.1. The Morgan fingerprint density at radius 2 is 1.76 bits per heavy atom. The highest BCUT2D eigenvalue weighted by atomic mass is 127. The first kappa shape index (κ1) is 25.6. The fraction of sp³-hybridized carbons (Fsp3) is 0.667. The lowest BCUT2D eigenvalue weighted by atomic mass is 9.99. The number of aliphatic imine (C=N–C) groups is 1. The minimum Gasteiger partial charge on any atom is -0.493 e. The summed E-state index contributed by atoms with van der Waals surface area (Å²) in [5, 5.41) is 6.73. The van der Waals surface area contributed by atoms with Crippen LogP contribution < -0.4 is 24.8 Å². The molecule has 1 aliphatic rings. The van der Waals surface area contributed by atoms with Gasteiger partial charge in [0.15, 0.2) is 17.5 Å². The average Bonchev–Trinajstić information content (AvgIpc) is 2.73. The molecule has 0 unspecified atom stereocenters. The molecule has 0 atom stereocenters. The molecular formula is C21H37IN4O3. The van der Waals surface area contributed by atoms with E-state index in [2.05, 4.69) is 27.4 Å². The highest BCUT2D eigenvalue weighted by Crippen LogP contribution is 2.39. The van der Waals surface area contributed by atoms with Crippen LogP contribution in [-0.4, -0.2) is 65.4 Å². The SMILES string of the molecule is CN=C(NCCCN1CCC(C)CC1)NCc1ccc(OC)c(OC)c1OC.I. The molecule has 29 heavy (non-hydrogen) atoms. The highest BCUT2D eigenvalue weighted by Gasteiger charge is 2.16. The molecule has 2 N–H and O–H groups in total. The van der Waals surface area contributed by atoms with Crippen molar-refractivity contribution in [1.29, 1.82) is 0 Å². The molecule has 0 radical (unpaired) electrons. The first-order chi connectivity index (χ1) is 13.6. The van der Waals surface area contributed by atoms with Crippen molar-refractivity contribution < 1.29 is 14.2 Å². The quantitative estimate of drug-likeness (QED) is 0.226. The molecule has 1 aromatic carbocycles. The van der Waals surface area contributed by atoms with E-state index < -0.39 is 0 Å². The van der Waals surface area contributed by atoms with Crippen LogP contribution in [0.5, 0.6) is 17.2 Å². The zero-order valence-corrected chi connectivity index (χ0v) is 20.7. The number of hydrogen-bond donors (Lipinski definition) is 2. The number of ether oxygens (including phenoxy) is 3. The van der Waals surface area contributed by atoms with Crippen molar-refractivity contribution in [2.75, 3.05) is 54.6 Å². The summed E-state index contributed by atoms with van der Waals surface area (Å²) in [5.41, 5.74) is 0.977. The molecule has 1 saturated heterocycles. The summed E-state index contributed by atoms with van der Waals surface area (Å²) in [6.07, 6.45) is 3.75. The standard InChI is InChI=1S/C21H36N4O3.HI/c1-16-9-13-25(14-10-16)12-6-11-23-21(22-2)24-15-17-7-8-18(26-3)20(28-5)19(17)27-4;/h7-8,16H,6,9-15H2,1-5H3,(H2,22,23,24);1H. The van der Waals surface area contributed by atoms with Gasteiger partial charge in [-0.25, -0.2) is 0 Å². The summed E-state index contributed by atoms with van der Waals surface area (Å²) in [4.78, 5) is 6.88. The molecule has 1 fully saturated rings. The van der Waals surface area contributed by atoms with Gasteiger partial charge in [-0.3, -0.25) is 4.99 Å². The van der Waals surface area contributed by atoms with Crippen LogP contribution >= 0.6 is 24.0 Å². The van der Waals surface area contributed by atoms with Gasteiger partial charge in [-0.1, -0.05) is 6.92 Å². The second kappa shape index (κ2) is 13.7. The Labute approximate surface area is 192 Å². The normalized spacial score (nSPS) is 15.4. The largest absolute Gasteiger partial charge is 0.493 e. The maximum Gasteiger partial charge on any atom is 0.203 e. The van der Waals surface area contributed by atoms with E-state index in [1.54, 1.807) is 28.4 Å². The predicted octanol–water partition coefficient (Wildman–Crippen LogP) is 3.12. The Bertz CT molecular complexity index is 635. The third-order valence-electron chi connectivity index (χ3n) is 5.28. The molecule has 0 spiro atoms. The van der Waals surface area contributed by atoms with Gasteiger partial charge in [0.2, 0.25) is 5.75 Å². The van der Waals surface area contributed by atoms with Crippen molar-refractivity contribution in [3.63, 3.8) is 0 Å². The molecule has 166 valence electrons. The van der Waals surface area contributed by atoms with Gasteiger partial charge in [-0.15, -0.1) is 24.0 Å². The van der Waals surface area contributed by atoms with Crippen molar-refractivity contribution >= 4 is 29.9 Å². The summed E-state index contributed by atoms with van der Waals surface area (Å²) in [7, 11) is 6.65. The van der Waals surface area contributed by atoms with E-state index >= 15 is 0 Å². The molecule has 0 aromatic heterocycles. The molecule has 1 heterocycles. The fourth-order valence-electron chi connectivity index (χ4n) is 3.50. The third-order valence-corrected chi connectivity index (χ3v) is 5.28. The minimum atomic E-state index is 0. The summed E-state index contributed by atoms with van der Waals surface area (Å²) in [6, 6.07) is 3.85. The Balaban J connectivity index is 0.00000420. The number of likely N-dealkylation sites (tertiary alicyclic amines) is 1. The molecule has 0 amide bonds. The van der Waals surface area contributed by atoms with E-state index in [1.165, 1.54) is 25.9 Å². The Morgan fingerprint density at radius 3 is 2.34 bits per heavy atom. The number of methoxy groups -OCH3 is 3. The Hall–Kier alpha value is -1.42.